The molecule has 46 heavy (non-hydrogen) atoms. The average Bonchev–Trinajstić information content (AvgIpc) is 2.96. The Morgan fingerprint density at radius 2 is 1.00 bits per heavy atom. The Bertz CT molecular complexity index is 1150. The van der Waals surface area contributed by atoms with Gasteiger partial charge in [0.05, 0.1) is 13.1 Å². The maximum absolute atomic E-state index is 14.3. The molecule has 12 heteroatoms. The molecule has 0 aliphatic carbocycles. The van der Waals surface area contributed by atoms with Crippen LogP contribution in [0.2, 0.25) is 0 Å². The van der Waals surface area contributed by atoms with Gasteiger partial charge in [-0.05, 0) is 89.8 Å². The molecule has 2 amide bonds. The summed E-state index contributed by atoms with van der Waals surface area (Å²) in [5, 5.41) is 6.28. The van der Waals surface area contributed by atoms with Crippen molar-refractivity contribution in [1.82, 2.24) is 20.4 Å². The summed E-state index contributed by atoms with van der Waals surface area (Å²) in [5.74, 6) is -0.578. The number of hydrogen-bond acceptors (Lipinski definition) is 6. The molecule has 2 N–H and O–H groups in total. The van der Waals surface area contributed by atoms with Gasteiger partial charge in [0.2, 0.25) is 0 Å². The molecule has 2 aliphatic heterocycles. The molecule has 0 spiro atoms. The molecule has 0 radical (unpaired) electrons. The highest BCUT2D eigenvalue weighted by molar-refractivity contribution is 5.68. The van der Waals surface area contributed by atoms with E-state index in [2.05, 4.69) is 10.6 Å². The number of benzene rings is 2. The lowest BCUT2D eigenvalue weighted by Gasteiger charge is -2.36. The maximum Gasteiger partial charge on any atom is 0.410 e. The average molecular weight is 653 g/mol. The van der Waals surface area contributed by atoms with E-state index in [1.54, 1.807) is 65.8 Å². The maximum atomic E-state index is 14.3. The molecule has 0 unspecified atom stereocenters. The number of rotatable bonds is 6. The second-order valence-electron chi connectivity index (χ2n) is 13.7. The molecule has 0 aromatic heterocycles. The van der Waals surface area contributed by atoms with Crippen molar-refractivity contribution in [2.45, 2.75) is 103 Å². The van der Waals surface area contributed by atoms with Crippen molar-refractivity contribution in [3.8, 4) is 0 Å². The number of carbonyl (C=O) groups is 2. The number of alkyl halides is 2. The van der Waals surface area contributed by atoms with Crippen LogP contribution in [0.4, 0.5) is 27.2 Å². The molecule has 0 saturated carbocycles. The highest BCUT2D eigenvalue weighted by Gasteiger charge is 2.34. The Hall–Kier alpha value is -3.38. The predicted octanol–water partition coefficient (Wildman–Crippen LogP) is 6.53. The summed E-state index contributed by atoms with van der Waals surface area (Å²) < 4.78 is 64.8. The van der Waals surface area contributed by atoms with Gasteiger partial charge in [0, 0.05) is 38.3 Å². The van der Waals surface area contributed by atoms with E-state index < -0.39 is 35.7 Å². The van der Waals surface area contributed by atoms with Gasteiger partial charge in [0.15, 0.2) is 0 Å². The Morgan fingerprint density at radius 1 is 0.674 bits per heavy atom. The van der Waals surface area contributed by atoms with Crippen LogP contribution in [0.15, 0.2) is 48.5 Å². The van der Waals surface area contributed by atoms with Gasteiger partial charge in [-0.1, -0.05) is 24.3 Å². The summed E-state index contributed by atoms with van der Waals surface area (Å²) in [6.45, 7) is 12.6. The zero-order valence-corrected chi connectivity index (χ0v) is 27.6. The molecule has 2 heterocycles. The molecule has 4 rings (SSSR count). The zero-order chi connectivity index (χ0) is 34.1. The van der Waals surface area contributed by atoms with Crippen LogP contribution in [0.3, 0.4) is 0 Å². The second kappa shape index (κ2) is 16.4. The number of piperidine rings is 2. The third-order valence-corrected chi connectivity index (χ3v) is 7.35. The standard InChI is InChI=1S/2C17H24F2N2O2/c2*1-17(2,3)23-16(22)21-9-8-15(14(19)11-21)20-10-12-4-6-13(18)7-5-12/h2*4-7,14-15,20H,8-11H2,1-3H3/t2*14-,15-/m10/s1. The first kappa shape index (κ1) is 37.1. The van der Waals surface area contributed by atoms with Crippen molar-refractivity contribution in [3.63, 3.8) is 0 Å². The number of amides is 2. The Morgan fingerprint density at radius 3 is 1.28 bits per heavy atom. The quantitative estimate of drug-likeness (QED) is 0.346. The molecule has 2 fully saturated rings. The number of hydrogen-bond donors (Lipinski definition) is 2. The summed E-state index contributed by atoms with van der Waals surface area (Å²) in [7, 11) is 0. The lowest BCUT2D eigenvalue weighted by atomic mass is 10.0. The Balaban J connectivity index is 0.000000250. The zero-order valence-electron chi connectivity index (χ0n) is 27.6. The SMILES string of the molecule is CC(C)(C)OC(=O)N1CC[C@@H](NCc2ccc(F)cc2)[C@H](F)C1.CC(C)(C)OC(=O)N1CC[C@H](NCc2ccc(F)cc2)[C@@H](F)C1. The van der Waals surface area contributed by atoms with Gasteiger partial charge >= 0.3 is 12.2 Å². The van der Waals surface area contributed by atoms with Gasteiger partial charge in [0.25, 0.3) is 0 Å². The van der Waals surface area contributed by atoms with E-state index in [0.717, 1.165) is 11.1 Å². The molecular weight excluding hydrogens is 604 g/mol. The minimum absolute atomic E-state index is 0.0238. The monoisotopic (exact) mass is 652 g/mol. The highest BCUT2D eigenvalue weighted by Crippen LogP contribution is 2.20. The van der Waals surface area contributed by atoms with E-state index in [9.17, 15) is 27.2 Å². The summed E-state index contributed by atoms with van der Waals surface area (Å²) in [4.78, 5) is 26.7. The normalized spacial score (nSPS) is 22.0. The highest BCUT2D eigenvalue weighted by atomic mass is 19.1. The van der Waals surface area contributed by atoms with Crippen molar-refractivity contribution >= 4 is 12.2 Å². The molecular formula is C34H48F4N4O4. The number of nitrogens with one attached hydrogen (secondary N) is 2. The fourth-order valence-corrected chi connectivity index (χ4v) is 4.96. The summed E-state index contributed by atoms with van der Waals surface area (Å²) >= 11 is 0. The van der Waals surface area contributed by atoms with Crippen molar-refractivity contribution < 1.29 is 36.6 Å². The molecule has 8 nitrogen and oxygen atoms in total. The molecule has 0 bridgehead atoms. The van der Waals surface area contributed by atoms with Gasteiger partial charge in [-0.15, -0.1) is 0 Å². The van der Waals surface area contributed by atoms with Gasteiger partial charge in [-0.3, -0.25) is 0 Å². The van der Waals surface area contributed by atoms with Crippen LogP contribution < -0.4 is 10.6 Å². The van der Waals surface area contributed by atoms with E-state index in [0.29, 0.717) is 39.0 Å². The molecule has 2 aliphatic rings. The van der Waals surface area contributed by atoms with E-state index in [-0.39, 0.29) is 36.8 Å². The Labute approximate surface area is 269 Å². The topological polar surface area (TPSA) is 83.1 Å². The first-order valence-electron chi connectivity index (χ1n) is 15.7. The molecule has 4 atom stereocenters. The summed E-state index contributed by atoms with van der Waals surface area (Å²) in [6, 6.07) is 11.6. The van der Waals surface area contributed by atoms with Gasteiger partial charge in [0.1, 0.15) is 35.2 Å². The van der Waals surface area contributed by atoms with Crippen LogP contribution in [-0.4, -0.2) is 83.8 Å². The number of halogens is 4. The van der Waals surface area contributed by atoms with Gasteiger partial charge in [-0.25, -0.2) is 27.2 Å². The first-order chi connectivity index (χ1) is 21.5. The lowest BCUT2D eigenvalue weighted by molar-refractivity contribution is 0.00860. The van der Waals surface area contributed by atoms with E-state index in [1.807, 2.05) is 0 Å². The fraction of sp³-hybridized carbons (Fsp3) is 0.588. The molecule has 2 aromatic carbocycles. The minimum Gasteiger partial charge on any atom is -0.444 e. The van der Waals surface area contributed by atoms with Crippen molar-refractivity contribution in [2.75, 3.05) is 26.2 Å². The fourth-order valence-electron chi connectivity index (χ4n) is 4.96. The molecule has 2 saturated heterocycles. The smallest absolute Gasteiger partial charge is 0.410 e. The van der Waals surface area contributed by atoms with Crippen molar-refractivity contribution in [2.24, 2.45) is 0 Å². The van der Waals surface area contributed by atoms with E-state index in [1.165, 1.54) is 34.1 Å². The van der Waals surface area contributed by atoms with E-state index in [4.69, 9.17) is 9.47 Å². The summed E-state index contributed by atoms with van der Waals surface area (Å²) in [6.07, 6.45) is -2.23. The number of nitrogens with zero attached hydrogens (tertiary/aromatic N) is 2. The summed E-state index contributed by atoms with van der Waals surface area (Å²) in [5.41, 5.74) is 0.627. The Kier molecular flexibility index (Phi) is 13.3. The van der Waals surface area contributed by atoms with E-state index >= 15 is 0 Å². The van der Waals surface area contributed by atoms with Crippen molar-refractivity contribution in [3.05, 3.63) is 71.3 Å². The molecule has 256 valence electrons. The second-order valence-corrected chi connectivity index (χ2v) is 13.7. The van der Waals surface area contributed by atoms with Gasteiger partial charge in [-0.2, -0.15) is 0 Å². The lowest BCUT2D eigenvalue weighted by Crippen LogP contribution is -2.53. The van der Waals surface area contributed by atoms with Crippen molar-refractivity contribution in [1.29, 1.82) is 0 Å². The van der Waals surface area contributed by atoms with Crippen LogP contribution in [0, 0.1) is 11.6 Å². The number of ether oxygens (including phenoxy) is 2. The van der Waals surface area contributed by atoms with Crippen LogP contribution in [0.5, 0.6) is 0 Å². The minimum atomic E-state index is -1.16. The van der Waals surface area contributed by atoms with Crippen LogP contribution in [-0.2, 0) is 22.6 Å². The number of carbonyl (C=O) groups excluding carboxylic acids is 2. The number of likely N-dealkylation sites (tertiary alicyclic amines) is 2. The van der Waals surface area contributed by atoms with Crippen LogP contribution in [0.1, 0.15) is 65.5 Å². The van der Waals surface area contributed by atoms with Crippen LogP contribution in [0.25, 0.3) is 0 Å². The third-order valence-electron chi connectivity index (χ3n) is 7.35. The van der Waals surface area contributed by atoms with Gasteiger partial charge < -0.3 is 29.9 Å². The van der Waals surface area contributed by atoms with Crippen LogP contribution >= 0.6 is 0 Å². The largest absolute Gasteiger partial charge is 0.444 e. The third kappa shape index (κ3) is 12.8. The predicted molar refractivity (Wildman–Crippen MR) is 169 cm³/mol. The first-order valence-corrected chi connectivity index (χ1v) is 15.7. The molecule has 2 aromatic rings.